The van der Waals surface area contributed by atoms with Gasteiger partial charge in [0.2, 0.25) is 5.91 Å². The van der Waals surface area contributed by atoms with Gasteiger partial charge >= 0.3 is 18.1 Å². The van der Waals surface area contributed by atoms with Crippen molar-refractivity contribution in [2.24, 2.45) is 5.73 Å². The van der Waals surface area contributed by atoms with Crippen LogP contribution >= 0.6 is 0 Å². The van der Waals surface area contributed by atoms with E-state index in [9.17, 15) is 29.4 Å². The summed E-state index contributed by atoms with van der Waals surface area (Å²) in [4.78, 5) is 50.4. The van der Waals surface area contributed by atoms with E-state index in [1.165, 1.54) is 0 Å². The second-order valence-corrected chi connectivity index (χ2v) is 16.5. The highest BCUT2D eigenvalue weighted by Gasteiger charge is 2.43. The van der Waals surface area contributed by atoms with Crippen LogP contribution in [0.15, 0.2) is 0 Å². The number of primary amides is 1. The zero-order chi connectivity index (χ0) is 28.1. The Bertz CT molecular complexity index is 809. The minimum atomic E-state index is -2.38. The number of piperidine rings is 1. The van der Waals surface area contributed by atoms with Crippen LogP contribution in [-0.4, -0.2) is 90.4 Å². The monoisotopic (exact) mass is 532 g/mol. The molecule has 1 heterocycles. The number of rotatable bonds is 9. The number of carboxylic acids is 1. The summed E-state index contributed by atoms with van der Waals surface area (Å²) < 4.78 is 11.7. The Morgan fingerprint density at radius 3 is 2.19 bits per heavy atom. The van der Waals surface area contributed by atoms with Crippen molar-refractivity contribution >= 4 is 32.3 Å². The minimum Gasteiger partial charge on any atom is -0.480 e. The van der Waals surface area contributed by atoms with Crippen LogP contribution < -0.4 is 16.4 Å². The SMILES string of the molecule is CC(C)(C)OC(=O)N1CCC[C@@H](O)[C@H]1C(=O)N[C@@H](C[C@@H](CNC(N)=O)O[Si](C)(C)C(C)(C)C)C(=O)O. The van der Waals surface area contributed by atoms with Gasteiger partial charge in [-0.05, 0) is 51.7 Å². The van der Waals surface area contributed by atoms with Crippen molar-refractivity contribution in [1.29, 1.82) is 0 Å². The summed E-state index contributed by atoms with van der Waals surface area (Å²) in [5.41, 5.74) is 4.39. The predicted octanol–water partition coefficient (Wildman–Crippen LogP) is 1.77. The fourth-order valence-electron chi connectivity index (χ4n) is 3.54. The number of urea groups is 1. The zero-order valence-corrected chi connectivity index (χ0v) is 23.7. The highest BCUT2D eigenvalue weighted by Crippen LogP contribution is 2.37. The number of hydrogen-bond donors (Lipinski definition) is 5. The molecule has 12 nitrogen and oxygen atoms in total. The first-order valence-electron chi connectivity index (χ1n) is 12.2. The van der Waals surface area contributed by atoms with E-state index in [1.807, 2.05) is 33.9 Å². The number of aliphatic hydroxyl groups excluding tert-OH is 1. The third kappa shape index (κ3) is 9.58. The molecule has 1 fully saturated rings. The van der Waals surface area contributed by atoms with E-state index >= 15 is 0 Å². The molecule has 0 spiro atoms. The van der Waals surface area contributed by atoms with E-state index in [0.29, 0.717) is 6.42 Å². The number of aliphatic hydroxyl groups is 1. The Morgan fingerprint density at radius 2 is 1.72 bits per heavy atom. The third-order valence-electron chi connectivity index (χ3n) is 6.38. The number of likely N-dealkylation sites (tertiary alicyclic amines) is 1. The molecule has 0 radical (unpaired) electrons. The van der Waals surface area contributed by atoms with E-state index in [4.69, 9.17) is 14.9 Å². The topological polar surface area (TPSA) is 181 Å². The Labute approximate surface area is 214 Å². The molecule has 1 aliphatic heterocycles. The maximum Gasteiger partial charge on any atom is 0.411 e. The molecule has 1 saturated heterocycles. The number of carbonyl (C=O) groups is 4. The van der Waals surface area contributed by atoms with Gasteiger partial charge in [-0.15, -0.1) is 0 Å². The maximum atomic E-state index is 13.2. The molecule has 208 valence electrons. The third-order valence-corrected chi connectivity index (χ3v) is 10.9. The summed E-state index contributed by atoms with van der Waals surface area (Å²) in [5.74, 6) is -2.13. The summed E-state index contributed by atoms with van der Waals surface area (Å²) in [6.07, 6.45) is -2.13. The number of aliphatic carboxylic acids is 1. The molecule has 1 aliphatic rings. The summed E-state index contributed by atoms with van der Waals surface area (Å²) in [6.45, 7) is 15.2. The number of nitrogens with zero attached hydrogens (tertiary/aromatic N) is 1. The summed E-state index contributed by atoms with van der Waals surface area (Å²) in [6, 6.07) is -3.50. The molecule has 4 amide bonds. The maximum absolute atomic E-state index is 13.2. The van der Waals surface area contributed by atoms with Crippen LogP contribution in [0.2, 0.25) is 18.1 Å². The molecular formula is C23H44N4O8Si. The van der Waals surface area contributed by atoms with Crippen molar-refractivity contribution in [3.63, 3.8) is 0 Å². The lowest BCUT2D eigenvalue weighted by molar-refractivity contribution is -0.145. The van der Waals surface area contributed by atoms with Crippen LogP contribution in [0.1, 0.15) is 60.8 Å². The fourth-order valence-corrected chi connectivity index (χ4v) is 4.91. The van der Waals surface area contributed by atoms with E-state index in [1.54, 1.807) is 20.8 Å². The van der Waals surface area contributed by atoms with Crippen LogP contribution in [0, 0.1) is 0 Å². The van der Waals surface area contributed by atoms with Gasteiger partial charge in [0.25, 0.3) is 0 Å². The Hall–Kier alpha value is -2.38. The zero-order valence-electron chi connectivity index (χ0n) is 22.7. The normalized spacial score (nSPS) is 20.8. The lowest BCUT2D eigenvalue weighted by Gasteiger charge is -2.40. The first-order valence-corrected chi connectivity index (χ1v) is 15.1. The first-order chi connectivity index (χ1) is 16.2. The van der Waals surface area contributed by atoms with Gasteiger partial charge in [-0.25, -0.2) is 14.4 Å². The van der Waals surface area contributed by atoms with E-state index in [2.05, 4.69) is 10.6 Å². The molecule has 4 atom stereocenters. The number of carbonyl (C=O) groups excluding carboxylic acids is 3. The molecule has 13 heteroatoms. The van der Waals surface area contributed by atoms with Crippen LogP contribution in [0.25, 0.3) is 0 Å². The van der Waals surface area contributed by atoms with Crippen LogP contribution in [0.5, 0.6) is 0 Å². The molecule has 0 aliphatic carbocycles. The number of amides is 4. The highest BCUT2D eigenvalue weighted by atomic mass is 28.4. The number of nitrogens with two attached hydrogens (primary N) is 1. The van der Waals surface area contributed by atoms with Crippen LogP contribution in [0.3, 0.4) is 0 Å². The number of ether oxygens (including phenoxy) is 1. The van der Waals surface area contributed by atoms with Gasteiger partial charge in [-0.3, -0.25) is 9.69 Å². The Kier molecular flexibility index (Phi) is 10.8. The number of carboxylic acid groups (broad SMARTS) is 1. The fraction of sp³-hybridized carbons (Fsp3) is 0.826. The largest absolute Gasteiger partial charge is 0.480 e. The second kappa shape index (κ2) is 12.2. The lowest BCUT2D eigenvalue weighted by atomic mass is 9.97. The molecule has 0 bridgehead atoms. The van der Waals surface area contributed by atoms with Gasteiger partial charge in [0, 0.05) is 19.5 Å². The van der Waals surface area contributed by atoms with E-state index in [-0.39, 0.29) is 31.0 Å². The first kappa shape index (κ1) is 31.6. The number of nitrogens with one attached hydrogen (secondary N) is 2. The predicted molar refractivity (Wildman–Crippen MR) is 136 cm³/mol. The minimum absolute atomic E-state index is 0.0441. The second-order valence-electron chi connectivity index (χ2n) is 11.7. The molecule has 36 heavy (non-hydrogen) atoms. The van der Waals surface area contributed by atoms with Gasteiger partial charge < -0.3 is 35.7 Å². The molecule has 1 rings (SSSR count). The van der Waals surface area contributed by atoms with Gasteiger partial charge in [-0.1, -0.05) is 20.8 Å². The van der Waals surface area contributed by atoms with Crippen molar-refractivity contribution in [1.82, 2.24) is 15.5 Å². The quantitative estimate of drug-likeness (QED) is 0.278. The van der Waals surface area contributed by atoms with Crippen LogP contribution in [0.4, 0.5) is 9.59 Å². The molecule has 0 unspecified atom stereocenters. The lowest BCUT2D eigenvalue weighted by Crippen LogP contribution is -2.61. The molecule has 0 aromatic rings. The van der Waals surface area contributed by atoms with E-state index < -0.39 is 62.2 Å². The summed E-state index contributed by atoms with van der Waals surface area (Å²) in [7, 11) is -2.38. The van der Waals surface area contributed by atoms with Gasteiger partial charge in [-0.2, -0.15) is 0 Å². The molecule has 0 saturated carbocycles. The summed E-state index contributed by atoms with van der Waals surface area (Å²) in [5, 5.41) is 25.1. The van der Waals surface area contributed by atoms with Crippen molar-refractivity contribution in [3.05, 3.63) is 0 Å². The van der Waals surface area contributed by atoms with Crippen molar-refractivity contribution in [3.8, 4) is 0 Å². The average Bonchev–Trinajstić information content (AvgIpc) is 2.68. The summed E-state index contributed by atoms with van der Waals surface area (Å²) >= 11 is 0. The smallest absolute Gasteiger partial charge is 0.411 e. The van der Waals surface area contributed by atoms with Crippen LogP contribution in [-0.2, 0) is 18.8 Å². The van der Waals surface area contributed by atoms with Crippen molar-refractivity contribution in [2.75, 3.05) is 13.1 Å². The van der Waals surface area contributed by atoms with E-state index in [0.717, 1.165) is 4.90 Å². The average molecular weight is 533 g/mol. The standard InChI is InChI=1S/C23H44N4O8Si/c1-22(2,3)34-21(33)27-11-9-10-16(28)17(27)18(29)26-15(19(30)31)12-14(13-25-20(24)32)35-36(7,8)23(4,5)6/h14-17,28H,9-13H2,1-8H3,(H,26,29)(H,30,31)(H3,24,25,32)/t14-,15-,16+,17-/m0/s1. The molecule has 6 N–H and O–H groups in total. The Balaban J connectivity index is 3.12. The van der Waals surface area contributed by atoms with Gasteiger partial charge in [0.1, 0.15) is 17.7 Å². The van der Waals surface area contributed by atoms with Crippen molar-refractivity contribution in [2.45, 2.75) is 109 Å². The van der Waals surface area contributed by atoms with Gasteiger partial charge in [0.15, 0.2) is 8.32 Å². The number of hydrogen-bond acceptors (Lipinski definition) is 7. The molecular weight excluding hydrogens is 488 g/mol. The Morgan fingerprint density at radius 1 is 1.14 bits per heavy atom. The molecule has 0 aromatic heterocycles. The highest BCUT2D eigenvalue weighted by molar-refractivity contribution is 6.74. The van der Waals surface area contributed by atoms with Gasteiger partial charge in [0.05, 0.1) is 12.2 Å². The molecule has 0 aromatic carbocycles. The van der Waals surface area contributed by atoms with Crippen molar-refractivity contribution < 1.29 is 38.6 Å².